The first-order valence-electron chi connectivity index (χ1n) is 8.99. The Labute approximate surface area is 173 Å². The van der Waals surface area contributed by atoms with Crippen LogP contribution in [-0.2, 0) is 10.5 Å². The van der Waals surface area contributed by atoms with Gasteiger partial charge in [0, 0.05) is 23.1 Å². The van der Waals surface area contributed by atoms with Crippen LogP contribution in [0.1, 0.15) is 28.4 Å². The highest BCUT2D eigenvalue weighted by atomic mass is 32.2. The summed E-state index contributed by atoms with van der Waals surface area (Å²) >= 11 is 1.75. The van der Waals surface area contributed by atoms with Crippen LogP contribution in [0.15, 0.2) is 88.9 Å². The predicted molar refractivity (Wildman–Crippen MR) is 115 cm³/mol. The van der Waals surface area contributed by atoms with E-state index in [1.165, 1.54) is 18.0 Å². The molecule has 0 bridgehead atoms. The fourth-order valence-corrected chi connectivity index (χ4v) is 3.33. The molecule has 0 spiro atoms. The Hall–Kier alpha value is -3.38. The highest BCUT2D eigenvalue weighted by Crippen LogP contribution is 2.22. The van der Waals surface area contributed by atoms with Crippen LogP contribution in [-0.4, -0.2) is 18.1 Å². The summed E-state index contributed by atoms with van der Waals surface area (Å²) in [4.78, 5) is 24.3. The van der Waals surface area contributed by atoms with Gasteiger partial charge in [-0.3, -0.25) is 9.59 Å². The third-order valence-corrected chi connectivity index (χ3v) is 4.97. The fraction of sp³-hybridized carbons (Fsp3) is 0.0870. The van der Waals surface area contributed by atoms with E-state index in [-0.39, 0.29) is 11.9 Å². The normalized spacial score (nSPS) is 10.7. The molecule has 0 heterocycles. The number of hydrogen-bond acceptors (Lipinski definition) is 5. The second kappa shape index (κ2) is 10.2. The Kier molecular flexibility index (Phi) is 7.19. The van der Waals surface area contributed by atoms with Crippen LogP contribution < -0.4 is 10.2 Å². The summed E-state index contributed by atoms with van der Waals surface area (Å²) in [5.41, 5.74) is 4.97. The number of hydrazone groups is 1. The van der Waals surface area contributed by atoms with E-state index in [4.69, 9.17) is 4.74 Å². The summed E-state index contributed by atoms with van der Waals surface area (Å²) in [5, 5.41) is 3.97. The summed E-state index contributed by atoms with van der Waals surface area (Å²) in [5.74, 6) is 0.653. The average Bonchev–Trinajstić information content (AvgIpc) is 2.74. The van der Waals surface area contributed by atoms with Crippen molar-refractivity contribution in [1.82, 2.24) is 5.43 Å². The summed E-state index contributed by atoms with van der Waals surface area (Å²) in [6.07, 6.45) is 1.53. The van der Waals surface area contributed by atoms with Crippen molar-refractivity contribution in [3.8, 4) is 5.75 Å². The molecule has 0 radical (unpaired) electrons. The molecule has 3 aromatic carbocycles. The molecule has 0 aliphatic rings. The second-order valence-corrected chi connectivity index (χ2v) is 7.21. The number of ether oxygens (including phenoxy) is 1. The van der Waals surface area contributed by atoms with Gasteiger partial charge in [-0.05, 0) is 59.7 Å². The van der Waals surface area contributed by atoms with Gasteiger partial charge in [0.1, 0.15) is 5.75 Å². The number of thioether (sulfide) groups is 1. The maximum Gasteiger partial charge on any atom is 0.308 e. The number of carbonyl (C=O) groups is 2. The molecule has 0 atom stereocenters. The molecule has 1 amide bonds. The van der Waals surface area contributed by atoms with Crippen LogP contribution in [0.3, 0.4) is 0 Å². The smallest absolute Gasteiger partial charge is 0.308 e. The van der Waals surface area contributed by atoms with Gasteiger partial charge in [0.2, 0.25) is 0 Å². The quantitative estimate of drug-likeness (QED) is 0.204. The summed E-state index contributed by atoms with van der Waals surface area (Å²) < 4.78 is 4.97. The van der Waals surface area contributed by atoms with Gasteiger partial charge in [-0.25, -0.2) is 5.43 Å². The molecule has 0 saturated carbocycles. The zero-order valence-corrected chi connectivity index (χ0v) is 16.7. The topological polar surface area (TPSA) is 67.8 Å². The first-order chi connectivity index (χ1) is 14.1. The van der Waals surface area contributed by atoms with Gasteiger partial charge in [0.05, 0.1) is 6.21 Å². The summed E-state index contributed by atoms with van der Waals surface area (Å²) in [7, 11) is 0. The molecule has 29 heavy (non-hydrogen) atoms. The lowest BCUT2D eigenvalue weighted by Crippen LogP contribution is -2.17. The first kappa shape index (κ1) is 20.4. The lowest BCUT2D eigenvalue weighted by molar-refractivity contribution is -0.131. The highest BCUT2D eigenvalue weighted by Gasteiger charge is 2.04. The molecular formula is C23H20N2O3S. The molecule has 6 heteroatoms. The highest BCUT2D eigenvalue weighted by molar-refractivity contribution is 7.98. The molecule has 0 saturated heterocycles. The van der Waals surface area contributed by atoms with Crippen LogP contribution in [0.4, 0.5) is 0 Å². The Morgan fingerprint density at radius 1 is 0.966 bits per heavy atom. The monoisotopic (exact) mass is 404 g/mol. The van der Waals surface area contributed by atoms with E-state index in [9.17, 15) is 9.59 Å². The SMILES string of the molecule is CC(=O)Oc1ccc(/C=N\NC(=O)c2ccc(CSc3ccccc3)cc2)cc1. The minimum atomic E-state index is -0.372. The van der Waals surface area contributed by atoms with Crippen LogP contribution in [0, 0.1) is 0 Å². The van der Waals surface area contributed by atoms with Gasteiger partial charge in [0.15, 0.2) is 0 Å². The van der Waals surface area contributed by atoms with Gasteiger partial charge >= 0.3 is 5.97 Å². The predicted octanol–water partition coefficient (Wildman–Crippen LogP) is 4.67. The van der Waals surface area contributed by atoms with Crippen molar-refractivity contribution in [2.45, 2.75) is 17.6 Å². The third-order valence-electron chi connectivity index (χ3n) is 3.89. The molecule has 3 rings (SSSR count). The van der Waals surface area contributed by atoms with E-state index in [0.29, 0.717) is 11.3 Å². The number of carbonyl (C=O) groups excluding carboxylic acids is 2. The van der Waals surface area contributed by atoms with Gasteiger partial charge in [-0.1, -0.05) is 30.3 Å². The van der Waals surface area contributed by atoms with E-state index in [1.54, 1.807) is 48.2 Å². The maximum absolute atomic E-state index is 12.2. The lowest BCUT2D eigenvalue weighted by atomic mass is 10.1. The number of nitrogens with one attached hydrogen (secondary N) is 1. The van der Waals surface area contributed by atoms with Gasteiger partial charge in [0.25, 0.3) is 5.91 Å². The maximum atomic E-state index is 12.2. The minimum Gasteiger partial charge on any atom is -0.427 e. The van der Waals surface area contributed by atoms with Crippen molar-refractivity contribution >= 4 is 29.9 Å². The van der Waals surface area contributed by atoms with Crippen LogP contribution in [0.5, 0.6) is 5.75 Å². The van der Waals surface area contributed by atoms with E-state index < -0.39 is 0 Å². The van der Waals surface area contributed by atoms with Gasteiger partial charge in [-0.15, -0.1) is 11.8 Å². The van der Waals surface area contributed by atoms with Gasteiger partial charge < -0.3 is 4.74 Å². The number of rotatable bonds is 7. The summed E-state index contributed by atoms with van der Waals surface area (Å²) in [6, 6.07) is 24.5. The Bertz CT molecular complexity index is 985. The zero-order valence-electron chi connectivity index (χ0n) is 15.9. The molecule has 1 N–H and O–H groups in total. The van der Waals surface area contributed by atoms with Crippen LogP contribution in [0.2, 0.25) is 0 Å². The second-order valence-electron chi connectivity index (χ2n) is 6.16. The number of hydrogen-bond donors (Lipinski definition) is 1. The van der Waals surface area contributed by atoms with Crippen molar-refractivity contribution in [3.63, 3.8) is 0 Å². The molecule has 0 aliphatic carbocycles. The summed E-state index contributed by atoms with van der Waals surface area (Å²) in [6.45, 7) is 1.35. The van der Waals surface area contributed by atoms with Crippen molar-refractivity contribution in [2.75, 3.05) is 0 Å². The molecule has 0 aromatic heterocycles. The Balaban J connectivity index is 1.50. The standard InChI is InChI=1S/C23H20N2O3S/c1-17(26)28-21-13-9-18(10-14-21)15-24-25-23(27)20-11-7-19(8-12-20)16-29-22-5-3-2-4-6-22/h2-15H,16H2,1H3,(H,25,27)/b24-15-. The molecule has 5 nitrogen and oxygen atoms in total. The van der Waals surface area contributed by atoms with E-state index in [2.05, 4.69) is 22.7 Å². The van der Waals surface area contributed by atoms with E-state index in [0.717, 1.165) is 16.9 Å². The molecule has 0 aliphatic heterocycles. The van der Waals surface area contributed by atoms with Crippen LogP contribution in [0.25, 0.3) is 0 Å². The first-order valence-corrected chi connectivity index (χ1v) is 9.97. The lowest BCUT2D eigenvalue weighted by Gasteiger charge is -2.04. The zero-order chi connectivity index (χ0) is 20.5. The van der Waals surface area contributed by atoms with Crippen molar-refractivity contribution in [3.05, 3.63) is 95.6 Å². The largest absolute Gasteiger partial charge is 0.427 e. The molecule has 146 valence electrons. The van der Waals surface area contributed by atoms with Crippen molar-refractivity contribution in [1.29, 1.82) is 0 Å². The fourth-order valence-electron chi connectivity index (χ4n) is 2.45. The van der Waals surface area contributed by atoms with E-state index in [1.807, 2.05) is 30.3 Å². The Morgan fingerprint density at radius 3 is 2.31 bits per heavy atom. The van der Waals surface area contributed by atoms with Gasteiger partial charge in [-0.2, -0.15) is 5.10 Å². The van der Waals surface area contributed by atoms with Crippen LogP contribution >= 0.6 is 11.8 Å². The number of nitrogens with zero attached hydrogens (tertiary/aromatic N) is 1. The third kappa shape index (κ3) is 6.62. The number of benzene rings is 3. The number of esters is 1. The molecular weight excluding hydrogens is 384 g/mol. The molecule has 0 fully saturated rings. The van der Waals surface area contributed by atoms with Crippen molar-refractivity contribution in [2.24, 2.45) is 5.10 Å². The number of amides is 1. The molecule has 0 unspecified atom stereocenters. The van der Waals surface area contributed by atoms with Crippen molar-refractivity contribution < 1.29 is 14.3 Å². The average molecular weight is 404 g/mol. The molecule has 3 aromatic rings. The van der Waals surface area contributed by atoms with E-state index >= 15 is 0 Å². The minimum absolute atomic E-state index is 0.278. The Morgan fingerprint density at radius 2 is 1.66 bits per heavy atom.